The van der Waals surface area contributed by atoms with Gasteiger partial charge in [-0.15, -0.1) is 11.3 Å². The van der Waals surface area contributed by atoms with Gasteiger partial charge in [0.2, 0.25) is 0 Å². The first-order valence-electron chi connectivity index (χ1n) is 5.84. The van der Waals surface area contributed by atoms with Crippen molar-refractivity contribution in [1.29, 1.82) is 0 Å². The van der Waals surface area contributed by atoms with Gasteiger partial charge in [0.25, 0.3) is 0 Å². The summed E-state index contributed by atoms with van der Waals surface area (Å²) in [6, 6.07) is 8.05. The molecule has 2 rings (SSSR count). The molecule has 1 heterocycles. The van der Waals surface area contributed by atoms with Crippen molar-refractivity contribution in [3.8, 4) is 11.5 Å². The van der Waals surface area contributed by atoms with Gasteiger partial charge in [-0.3, -0.25) is 0 Å². The van der Waals surface area contributed by atoms with E-state index in [2.05, 4.69) is 38.8 Å². The fourth-order valence-electron chi connectivity index (χ4n) is 2.08. The molecule has 1 N–H and O–H groups in total. The second kappa shape index (κ2) is 6.41. The van der Waals surface area contributed by atoms with Crippen LogP contribution in [-0.2, 0) is 0 Å². The summed E-state index contributed by atoms with van der Waals surface area (Å²) in [4.78, 5) is 1.22. The molecule has 0 aliphatic rings. The van der Waals surface area contributed by atoms with Gasteiger partial charge in [0.05, 0.1) is 20.3 Å². The summed E-state index contributed by atoms with van der Waals surface area (Å²) in [5, 5.41) is 5.40. The third-order valence-corrected chi connectivity index (χ3v) is 4.88. The van der Waals surface area contributed by atoms with Crippen molar-refractivity contribution in [2.75, 3.05) is 21.3 Å². The first-order valence-corrected chi connectivity index (χ1v) is 7.51. The summed E-state index contributed by atoms with van der Waals surface area (Å²) in [5.41, 5.74) is 1.06. The quantitative estimate of drug-likeness (QED) is 0.896. The Bertz CT molecular complexity index is 556. The van der Waals surface area contributed by atoms with Crippen molar-refractivity contribution in [3.05, 3.63) is 44.6 Å². The minimum absolute atomic E-state index is 0.0689. The van der Waals surface area contributed by atoms with Gasteiger partial charge in [-0.05, 0) is 40.5 Å². The molecule has 5 heteroatoms. The number of para-hydroxylation sites is 1. The normalized spacial score (nSPS) is 12.2. The van der Waals surface area contributed by atoms with E-state index in [9.17, 15) is 0 Å². The van der Waals surface area contributed by atoms with Crippen molar-refractivity contribution in [2.45, 2.75) is 6.04 Å². The molecule has 3 nitrogen and oxygen atoms in total. The topological polar surface area (TPSA) is 30.5 Å². The van der Waals surface area contributed by atoms with Gasteiger partial charge in [0.1, 0.15) is 0 Å². The molecule has 2 aromatic rings. The second-order valence-electron chi connectivity index (χ2n) is 3.94. The van der Waals surface area contributed by atoms with Crippen LogP contribution in [0.25, 0.3) is 0 Å². The van der Waals surface area contributed by atoms with E-state index < -0.39 is 0 Å². The lowest BCUT2D eigenvalue weighted by atomic mass is 10.0. The molecule has 0 saturated carbocycles. The number of methoxy groups -OCH3 is 2. The Morgan fingerprint density at radius 1 is 1.21 bits per heavy atom. The van der Waals surface area contributed by atoms with Crippen LogP contribution in [0.4, 0.5) is 0 Å². The van der Waals surface area contributed by atoms with E-state index in [1.165, 1.54) is 4.88 Å². The maximum atomic E-state index is 5.51. The lowest BCUT2D eigenvalue weighted by Crippen LogP contribution is -2.18. The molecule has 0 saturated heterocycles. The molecule has 1 unspecified atom stereocenters. The highest BCUT2D eigenvalue weighted by Crippen LogP contribution is 2.40. The van der Waals surface area contributed by atoms with Crippen LogP contribution in [0.1, 0.15) is 16.5 Å². The van der Waals surface area contributed by atoms with Crippen LogP contribution in [-0.4, -0.2) is 21.3 Å². The molecule has 19 heavy (non-hydrogen) atoms. The fraction of sp³-hybridized carbons (Fsp3) is 0.286. The highest BCUT2D eigenvalue weighted by Gasteiger charge is 2.22. The Kier molecular flexibility index (Phi) is 4.85. The van der Waals surface area contributed by atoms with Crippen LogP contribution < -0.4 is 14.8 Å². The summed E-state index contributed by atoms with van der Waals surface area (Å²) in [7, 11) is 5.25. The summed E-state index contributed by atoms with van der Waals surface area (Å²) in [6.07, 6.45) is 0. The molecule has 0 amide bonds. The molecule has 0 spiro atoms. The molecule has 0 bridgehead atoms. The number of rotatable bonds is 5. The van der Waals surface area contributed by atoms with E-state index in [0.29, 0.717) is 0 Å². The zero-order valence-corrected chi connectivity index (χ0v) is 13.5. The Morgan fingerprint density at radius 2 is 2.00 bits per heavy atom. The highest BCUT2D eigenvalue weighted by atomic mass is 79.9. The summed E-state index contributed by atoms with van der Waals surface area (Å²) in [6.45, 7) is 0. The minimum atomic E-state index is 0.0689. The number of hydrogen-bond acceptors (Lipinski definition) is 4. The molecule has 0 radical (unpaired) electrons. The third-order valence-electron chi connectivity index (χ3n) is 2.94. The van der Waals surface area contributed by atoms with Crippen LogP contribution >= 0.6 is 27.3 Å². The molecule has 1 aromatic heterocycles. The van der Waals surface area contributed by atoms with Gasteiger partial charge in [-0.2, -0.15) is 0 Å². The van der Waals surface area contributed by atoms with Crippen LogP contribution in [0.15, 0.2) is 34.1 Å². The van der Waals surface area contributed by atoms with E-state index in [1.807, 2.05) is 19.2 Å². The molecule has 0 aliphatic carbocycles. The Hall–Kier alpha value is -1.04. The predicted octanol–water partition coefficient (Wildman–Crippen LogP) is 3.84. The number of halogens is 1. The monoisotopic (exact) mass is 341 g/mol. The zero-order valence-electron chi connectivity index (χ0n) is 11.1. The van der Waals surface area contributed by atoms with Gasteiger partial charge in [-0.25, -0.2) is 0 Å². The SMILES string of the molecule is CNC(c1cccc(OC)c1OC)c1sccc1Br. The largest absolute Gasteiger partial charge is 0.493 e. The van der Waals surface area contributed by atoms with Crippen LogP contribution in [0, 0.1) is 0 Å². The summed E-state index contributed by atoms with van der Waals surface area (Å²) < 4.78 is 12.0. The molecule has 102 valence electrons. The standard InChI is InChI=1S/C14H16BrNO2S/c1-16-12(14-10(15)7-8-19-14)9-5-4-6-11(17-2)13(9)18-3/h4-8,12,16H,1-3H3. The Balaban J connectivity index is 2.53. The number of benzene rings is 1. The number of hydrogen-bond donors (Lipinski definition) is 1. The fourth-order valence-corrected chi connectivity index (χ4v) is 3.81. The van der Waals surface area contributed by atoms with Crippen LogP contribution in [0.3, 0.4) is 0 Å². The van der Waals surface area contributed by atoms with E-state index in [0.717, 1.165) is 21.5 Å². The molecule has 0 fully saturated rings. The predicted molar refractivity (Wildman–Crippen MR) is 82.5 cm³/mol. The average molecular weight is 342 g/mol. The lowest BCUT2D eigenvalue weighted by molar-refractivity contribution is 0.349. The molecule has 1 aromatic carbocycles. The van der Waals surface area contributed by atoms with Gasteiger partial charge >= 0.3 is 0 Å². The molecule has 0 aliphatic heterocycles. The molecule has 1 atom stereocenters. The van der Waals surface area contributed by atoms with Crippen molar-refractivity contribution in [2.24, 2.45) is 0 Å². The highest BCUT2D eigenvalue weighted by molar-refractivity contribution is 9.10. The van der Waals surface area contributed by atoms with Gasteiger partial charge in [-0.1, -0.05) is 12.1 Å². The molecular formula is C14H16BrNO2S. The van der Waals surface area contributed by atoms with Gasteiger partial charge in [0.15, 0.2) is 11.5 Å². The third kappa shape index (κ3) is 2.78. The first-order chi connectivity index (χ1) is 9.22. The van der Waals surface area contributed by atoms with Crippen molar-refractivity contribution in [3.63, 3.8) is 0 Å². The van der Waals surface area contributed by atoms with Crippen molar-refractivity contribution < 1.29 is 9.47 Å². The number of ether oxygens (including phenoxy) is 2. The number of thiophene rings is 1. The van der Waals surface area contributed by atoms with Gasteiger partial charge in [0, 0.05) is 14.9 Å². The van der Waals surface area contributed by atoms with Gasteiger partial charge < -0.3 is 14.8 Å². The van der Waals surface area contributed by atoms with E-state index in [-0.39, 0.29) is 6.04 Å². The van der Waals surface area contributed by atoms with E-state index >= 15 is 0 Å². The molecular weight excluding hydrogens is 326 g/mol. The Labute approximate surface area is 125 Å². The van der Waals surface area contributed by atoms with Crippen molar-refractivity contribution >= 4 is 27.3 Å². The zero-order chi connectivity index (χ0) is 13.8. The second-order valence-corrected chi connectivity index (χ2v) is 5.74. The summed E-state index contributed by atoms with van der Waals surface area (Å²) >= 11 is 5.29. The maximum Gasteiger partial charge on any atom is 0.165 e. The first kappa shape index (κ1) is 14.4. The van der Waals surface area contributed by atoms with Crippen LogP contribution in [0.5, 0.6) is 11.5 Å². The summed E-state index contributed by atoms with van der Waals surface area (Å²) in [5.74, 6) is 1.51. The lowest BCUT2D eigenvalue weighted by Gasteiger charge is -2.20. The maximum absolute atomic E-state index is 5.51. The Morgan fingerprint density at radius 3 is 2.53 bits per heavy atom. The minimum Gasteiger partial charge on any atom is -0.493 e. The average Bonchev–Trinajstić information content (AvgIpc) is 2.85. The van der Waals surface area contributed by atoms with E-state index in [4.69, 9.17) is 9.47 Å². The van der Waals surface area contributed by atoms with Crippen molar-refractivity contribution in [1.82, 2.24) is 5.32 Å². The van der Waals surface area contributed by atoms with E-state index in [1.54, 1.807) is 25.6 Å². The van der Waals surface area contributed by atoms with Crippen LogP contribution in [0.2, 0.25) is 0 Å². The smallest absolute Gasteiger partial charge is 0.165 e. The number of nitrogens with one attached hydrogen (secondary N) is 1.